The first-order chi connectivity index (χ1) is 14.0. The predicted octanol–water partition coefficient (Wildman–Crippen LogP) is 3.67. The van der Waals surface area contributed by atoms with E-state index in [0.29, 0.717) is 24.2 Å². The fourth-order valence-corrected chi connectivity index (χ4v) is 3.10. The maximum absolute atomic E-state index is 12.8. The first kappa shape index (κ1) is 20.3. The van der Waals surface area contributed by atoms with E-state index < -0.39 is 0 Å². The molecule has 0 unspecified atom stereocenters. The molecule has 2 aromatic carbocycles. The van der Waals surface area contributed by atoms with Gasteiger partial charge >= 0.3 is 0 Å². The summed E-state index contributed by atoms with van der Waals surface area (Å²) in [6, 6.07) is 20.7. The molecule has 2 amide bonds. The molecule has 148 valence electrons. The number of carbonyl (C=O) groups is 2. The van der Waals surface area contributed by atoms with Crippen LogP contribution in [0.3, 0.4) is 0 Å². The maximum atomic E-state index is 12.8. The molecule has 0 radical (unpaired) electrons. The van der Waals surface area contributed by atoms with E-state index >= 15 is 0 Å². The van der Waals surface area contributed by atoms with E-state index in [4.69, 9.17) is 0 Å². The summed E-state index contributed by atoms with van der Waals surface area (Å²) >= 11 is 0. The van der Waals surface area contributed by atoms with Crippen LogP contribution in [0.15, 0.2) is 79.1 Å². The predicted molar refractivity (Wildman–Crippen MR) is 114 cm³/mol. The van der Waals surface area contributed by atoms with Crippen LogP contribution in [0.25, 0.3) is 0 Å². The van der Waals surface area contributed by atoms with E-state index in [1.165, 1.54) is 0 Å². The normalized spacial score (nSPS) is 10.4. The highest BCUT2D eigenvalue weighted by Crippen LogP contribution is 2.12. The van der Waals surface area contributed by atoms with Gasteiger partial charge in [0.15, 0.2) is 0 Å². The molecule has 3 aromatic rings. The second-order valence-electron chi connectivity index (χ2n) is 7.06. The third-order valence-corrected chi connectivity index (χ3v) is 4.80. The lowest BCUT2D eigenvalue weighted by Gasteiger charge is -2.19. The number of pyridine rings is 1. The Morgan fingerprint density at radius 3 is 2.03 bits per heavy atom. The number of likely N-dealkylation sites (N-methyl/N-ethyl adjacent to an activating group) is 1. The van der Waals surface area contributed by atoms with Crippen LogP contribution in [0.5, 0.6) is 0 Å². The quantitative estimate of drug-likeness (QED) is 0.622. The van der Waals surface area contributed by atoms with Crippen molar-refractivity contribution in [1.29, 1.82) is 0 Å². The molecule has 5 heteroatoms. The second kappa shape index (κ2) is 9.64. The molecule has 1 aromatic heterocycles. The SMILES string of the molecule is CN(CCc1ccncc1)C(=O)c1cccc(C(=O)N(C)Cc2ccccc2)c1. The number of hydrogen-bond acceptors (Lipinski definition) is 3. The van der Waals surface area contributed by atoms with Crippen LogP contribution in [0.4, 0.5) is 0 Å². The zero-order chi connectivity index (χ0) is 20.6. The van der Waals surface area contributed by atoms with E-state index in [1.54, 1.807) is 60.6 Å². The summed E-state index contributed by atoms with van der Waals surface area (Å²) in [5.41, 5.74) is 3.22. The van der Waals surface area contributed by atoms with Crippen LogP contribution in [-0.2, 0) is 13.0 Å². The van der Waals surface area contributed by atoms with Gasteiger partial charge in [0.2, 0.25) is 0 Å². The summed E-state index contributed by atoms with van der Waals surface area (Å²) in [4.78, 5) is 32.9. The van der Waals surface area contributed by atoms with Crippen LogP contribution in [0, 0.1) is 0 Å². The average Bonchev–Trinajstić information content (AvgIpc) is 2.78. The summed E-state index contributed by atoms with van der Waals surface area (Å²) in [6.45, 7) is 1.11. The Morgan fingerprint density at radius 2 is 1.38 bits per heavy atom. The maximum Gasteiger partial charge on any atom is 0.253 e. The zero-order valence-electron chi connectivity index (χ0n) is 16.8. The van der Waals surface area contributed by atoms with Crippen molar-refractivity contribution in [2.45, 2.75) is 13.0 Å². The molecule has 5 nitrogen and oxygen atoms in total. The summed E-state index contributed by atoms with van der Waals surface area (Å²) in [7, 11) is 3.55. The highest BCUT2D eigenvalue weighted by molar-refractivity contribution is 5.99. The number of aromatic nitrogens is 1. The molecule has 0 aliphatic heterocycles. The molecule has 0 bridgehead atoms. The topological polar surface area (TPSA) is 53.5 Å². The van der Waals surface area contributed by atoms with E-state index in [2.05, 4.69) is 4.98 Å². The lowest BCUT2D eigenvalue weighted by molar-refractivity contribution is 0.0785. The van der Waals surface area contributed by atoms with E-state index in [1.807, 2.05) is 42.5 Å². The molecule has 0 fully saturated rings. The van der Waals surface area contributed by atoms with Crippen molar-refractivity contribution < 1.29 is 9.59 Å². The Morgan fingerprint density at radius 1 is 0.759 bits per heavy atom. The fourth-order valence-electron chi connectivity index (χ4n) is 3.10. The van der Waals surface area contributed by atoms with Gasteiger partial charge in [-0.1, -0.05) is 36.4 Å². The standard InChI is InChI=1S/C24H25N3O2/c1-26(16-13-19-11-14-25-15-12-19)23(28)21-9-6-10-22(17-21)24(29)27(2)18-20-7-4-3-5-8-20/h3-12,14-15,17H,13,16,18H2,1-2H3. The van der Waals surface area contributed by atoms with Crippen molar-refractivity contribution in [3.8, 4) is 0 Å². The van der Waals surface area contributed by atoms with E-state index in [9.17, 15) is 9.59 Å². The molecule has 0 saturated carbocycles. The van der Waals surface area contributed by atoms with Gasteiger partial charge in [-0.15, -0.1) is 0 Å². The van der Waals surface area contributed by atoms with Gasteiger partial charge in [0.25, 0.3) is 11.8 Å². The molecule has 0 N–H and O–H groups in total. The van der Waals surface area contributed by atoms with Gasteiger partial charge in [0.05, 0.1) is 0 Å². The Labute approximate surface area is 171 Å². The van der Waals surface area contributed by atoms with E-state index in [0.717, 1.165) is 17.5 Å². The van der Waals surface area contributed by atoms with Crippen LogP contribution in [0.2, 0.25) is 0 Å². The number of benzene rings is 2. The van der Waals surface area contributed by atoms with Gasteiger partial charge < -0.3 is 9.80 Å². The van der Waals surface area contributed by atoms with Crippen molar-refractivity contribution >= 4 is 11.8 Å². The van der Waals surface area contributed by atoms with Gasteiger partial charge in [-0.05, 0) is 47.9 Å². The molecule has 0 aliphatic rings. The number of rotatable bonds is 7. The molecule has 3 rings (SSSR count). The summed E-state index contributed by atoms with van der Waals surface area (Å²) in [5, 5.41) is 0. The first-order valence-electron chi connectivity index (χ1n) is 9.58. The van der Waals surface area contributed by atoms with E-state index in [-0.39, 0.29) is 11.8 Å². The smallest absolute Gasteiger partial charge is 0.253 e. The minimum atomic E-state index is -0.108. The number of nitrogens with zero attached hydrogens (tertiary/aromatic N) is 3. The second-order valence-corrected chi connectivity index (χ2v) is 7.06. The van der Waals surface area contributed by atoms with Crippen LogP contribution in [0.1, 0.15) is 31.8 Å². The van der Waals surface area contributed by atoms with Crippen molar-refractivity contribution in [2.75, 3.05) is 20.6 Å². The van der Waals surface area contributed by atoms with Gasteiger partial charge in [-0.25, -0.2) is 0 Å². The molecule has 29 heavy (non-hydrogen) atoms. The summed E-state index contributed by atoms with van der Waals surface area (Å²) < 4.78 is 0. The molecular formula is C24H25N3O2. The number of hydrogen-bond donors (Lipinski definition) is 0. The van der Waals surface area contributed by atoms with Gasteiger partial charge in [0.1, 0.15) is 0 Å². The van der Waals surface area contributed by atoms with Crippen LogP contribution in [-0.4, -0.2) is 47.2 Å². The highest BCUT2D eigenvalue weighted by Gasteiger charge is 2.16. The van der Waals surface area contributed by atoms with Crippen molar-refractivity contribution in [3.63, 3.8) is 0 Å². The van der Waals surface area contributed by atoms with Crippen LogP contribution < -0.4 is 0 Å². The molecule has 1 heterocycles. The van der Waals surface area contributed by atoms with Crippen molar-refractivity contribution in [3.05, 3.63) is 101 Å². The third-order valence-electron chi connectivity index (χ3n) is 4.80. The minimum absolute atomic E-state index is 0.0978. The fraction of sp³-hybridized carbons (Fsp3) is 0.208. The first-order valence-corrected chi connectivity index (χ1v) is 9.58. The molecule has 0 spiro atoms. The number of carbonyl (C=O) groups excluding carboxylic acids is 2. The molecule has 0 aliphatic carbocycles. The summed E-state index contributed by atoms with van der Waals surface area (Å²) in [5.74, 6) is -0.206. The van der Waals surface area contributed by atoms with Crippen molar-refractivity contribution in [2.24, 2.45) is 0 Å². The number of amides is 2. The Kier molecular flexibility index (Phi) is 6.74. The lowest BCUT2D eigenvalue weighted by atomic mass is 10.1. The highest BCUT2D eigenvalue weighted by atomic mass is 16.2. The van der Waals surface area contributed by atoms with Crippen LogP contribution >= 0.6 is 0 Å². The lowest BCUT2D eigenvalue weighted by Crippen LogP contribution is -2.30. The van der Waals surface area contributed by atoms with Crippen molar-refractivity contribution in [1.82, 2.24) is 14.8 Å². The summed E-state index contributed by atoms with van der Waals surface area (Å²) in [6.07, 6.45) is 4.25. The Bertz CT molecular complexity index is 958. The monoisotopic (exact) mass is 387 g/mol. The zero-order valence-corrected chi connectivity index (χ0v) is 16.8. The van der Waals surface area contributed by atoms with Gasteiger partial charge in [0, 0.05) is 50.7 Å². The average molecular weight is 387 g/mol. The van der Waals surface area contributed by atoms with Gasteiger partial charge in [-0.3, -0.25) is 14.6 Å². The minimum Gasteiger partial charge on any atom is -0.341 e. The third kappa shape index (κ3) is 5.51. The van der Waals surface area contributed by atoms with Gasteiger partial charge in [-0.2, -0.15) is 0 Å². The Hall–Kier alpha value is -3.47. The largest absolute Gasteiger partial charge is 0.341 e. The molecular weight excluding hydrogens is 362 g/mol. The Balaban J connectivity index is 1.64. The molecule has 0 atom stereocenters. The molecule has 0 saturated heterocycles.